The van der Waals surface area contributed by atoms with Crippen LogP contribution in [0.25, 0.3) is 11.4 Å². The van der Waals surface area contributed by atoms with Crippen molar-refractivity contribution >= 4 is 5.97 Å². The number of carbonyl (C=O) groups is 1. The SMILES string of the molecule is COC(CC(=O)O)Cn1nnnc1-c1cc(C)ccc1F. The average Bonchev–Trinajstić information content (AvgIpc) is 2.88. The minimum Gasteiger partial charge on any atom is -0.481 e. The summed E-state index contributed by atoms with van der Waals surface area (Å²) in [6, 6.07) is 4.63. The zero-order valence-electron chi connectivity index (χ0n) is 11.7. The molecule has 112 valence electrons. The van der Waals surface area contributed by atoms with Crippen molar-refractivity contribution < 1.29 is 19.0 Å². The first-order valence-corrected chi connectivity index (χ1v) is 6.28. The number of carboxylic acids is 1. The number of rotatable bonds is 6. The number of ether oxygens (including phenoxy) is 1. The minimum absolute atomic E-state index is 0.124. The number of aromatic nitrogens is 4. The Hall–Kier alpha value is -2.35. The number of aliphatic carboxylic acids is 1. The number of carboxylic acid groups (broad SMARTS) is 1. The number of benzene rings is 1. The Kier molecular flexibility index (Phi) is 4.59. The van der Waals surface area contributed by atoms with E-state index in [9.17, 15) is 9.18 Å². The summed E-state index contributed by atoms with van der Waals surface area (Å²) in [6.45, 7) is 1.96. The van der Waals surface area contributed by atoms with Crippen molar-refractivity contribution in [3.63, 3.8) is 0 Å². The molecule has 1 heterocycles. The molecule has 0 saturated heterocycles. The Morgan fingerprint density at radius 1 is 1.52 bits per heavy atom. The van der Waals surface area contributed by atoms with Crippen molar-refractivity contribution in [1.82, 2.24) is 20.2 Å². The Morgan fingerprint density at radius 2 is 2.29 bits per heavy atom. The number of nitrogens with zero attached hydrogens (tertiary/aromatic N) is 4. The van der Waals surface area contributed by atoms with E-state index in [0.29, 0.717) is 0 Å². The fourth-order valence-electron chi connectivity index (χ4n) is 1.94. The van der Waals surface area contributed by atoms with Gasteiger partial charge in [-0.3, -0.25) is 4.79 Å². The summed E-state index contributed by atoms with van der Waals surface area (Å²) in [5.41, 5.74) is 1.14. The highest BCUT2D eigenvalue weighted by Gasteiger charge is 2.19. The lowest BCUT2D eigenvalue weighted by molar-refractivity contribution is -0.140. The lowest BCUT2D eigenvalue weighted by Gasteiger charge is -2.13. The maximum absolute atomic E-state index is 13.9. The van der Waals surface area contributed by atoms with Gasteiger partial charge >= 0.3 is 5.97 Å². The number of tetrazole rings is 1. The first kappa shape index (κ1) is 15.0. The van der Waals surface area contributed by atoms with E-state index in [-0.39, 0.29) is 24.4 Å². The fourth-order valence-corrected chi connectivity index (χ4v) is 1.94. The first-order chi connectivity index (χ1) is 10.0. The number of methoxy groups -OCH3 is 1. The molecule has 2 rings (SSSR count). The van der Waals surface area contributed by atoms with Crippen molar-refractivity contribution in [2.45, 2.75) is 26.0 Å². The second-order valence-corrected chi connectivity index (χ2v) is 4.62. The van der Waals surface area contributed by atoms with Gasteiger partial charge in [0.15, 0.2) is 5.82 Å². The van der Waals surface area contributed by atoms with Gasteiger partial charge in [-0.25, -0.2) is 9.07 Å². The first-order valence-electron chi connectivity index (χ1n) is 6.28. The van der Waals surface area contributed by atoms with Crippen molar-refractivity contribution in [2.24, 2.45) is 0 Å². The Bertz CT molecular complexity index is 644. The minimum atomic E-state index is -0.988. The molecule has 21 heavy (non-hydrogen) atoms. The van der Waals surface area contributed by atoms with E-state index in [4.69, 9.17) is 9.84 Å². The van der Waals surface area contributed by atoms with Gasteiger partial charge in [-0.15, -0.1) is 5.10 Å². The van der Waals surface area contributed by atoms with Crippen LogP contribution < -0.4 is 0 Å². The molecule has 8 heteroatoms. The van der Waals surface area contributed by atoms with Gasteiger partial charge in [-0.1, -0.05) is 11.6 Å². The van der Waals surface area contributed by atoms with Crippen LogP contribution in [0.2, 0.25) is 0 Å². The molecule has 1 N–H and O–H groups in total. The normalized spacial score (nSPS) is 12.3. The van der Waals surface area contributed by atoms with Gasteiger partial charge in [0.2, 0.25) is 0 Å². The highest BCUT2D eigenvalue weighted by atomic mass is 19.1. The van der Waals surface area contributed by atoms with Gasteiger partial charge in [-0.2, -0.15) is 0 Å². The van der Waals surface area contributed by atoms with Crippen LogP contribution in [-0.2, 0) is 16.1 Å². The summed E-state index contributed by atoms with van der Waals surface area (Å²) < 4.78 is 20.3. The highest BCUT2D eigenvalue weighted by Crippen LogP contribution is 2.21. The van der Waals surface area contributed by atoms with E-state index in [1.165, 1.54) is 17.9 Å². The van der Waals surface area contributed by atoms with Crippen molar-refractivity contribution in [2.75, 3.05) is 7.11 Å². The van der Waals surface area contributed by atoms with Crippen LogP contribution in [0.1, 0.15) is 12.0 Å². The van der Waals surface area contributed by atoms with Gasteiger partial charge in [-0.05, 0) is 29.5 Å². The third-order valence-corrected chi connectivity index (χ3v) is 3.01. The summed E-state index contributed by atoms with van der Waals surface area (Å²) in [6.07, 6.45) is -0.788. The summed E-state index contributed by atoms with van der Waals surface area (Å²) in [7, 11) is 1.41. The van der Waals surface area contributed by atoms with Crippen LogP contribution in [0.3, 0.4) is 0 Å². The number of halogens is 1. The van der Waals surface area contributed by atoms with Gasteiger partial charge < -0.3 is 9.84 Å². The van der Waals surface area contributed by atoms with Gasteiger partial charge in [0.1, 0.15) is 5.82 Å². The Morgan fingerprint density at radius 3 is 2.95 bits per heavy atom. The Balaban J connectivity index is 2.30. The predicted octanol–water partition coefficient (Wildman–Crippen LogP) is 1.28. The summed E-state index contributed by atoms with van der Waals surface area (Å²) >= 11 is 0. The maximum atomic E-state index is 13.9. The molecule has 1 unspecified atom stereocenters. The standard InChI is InChI=1S/C13H15FN4O3/c1-8-3-4-11(14)10(5-8)13-15-16-17-18(13)7-9(21-2)6-12(19)20/h3-5,9H,6-7H2,1-2H3,(H,19,20). The van der Waals surface area contributed by atoms with Crippen molar-refractivity contribution in [3.05, 3.63) is 29.6 Å². The zero-order valence-corrected chi connectivity index (χ0v) is 11.7. The van der Waals surface area contributed by atoms with Crippen molar-refractivity contribution in [3.8, 4) is 11.4 Å². The van der Waals surface area contributed by atoms with E-state index < -0.39 is 17.9 Å². The fraction of sp³-hybridized carbons (Fsp3) is 0.385. The molecule has 0 amide bonds. The molecular formula is C13H15FN4O3. The van der Waals surface area contributed by atoms with Crippen LogP contribution in [0.5, 0.6) is 0 Å². The molecule has 1 aromatic carbocycles. The van der Waals surface area contributed by atoms with Crippen LogP contribution >= 0.6 is 0 Å². The quantitative estimate of drug-likeness (QED) is 0.863. The van der Waals surface area contributed by atoms with Gasteiger partial charge in [0.05, 0.1) is 24.6 Å². The highest BCUT2D eigenvalue weighted by molar-refractivity contribution is 5.67. The molecule has 0 aliphatic heterocycles. The second kappa shape index (κ2) is 6.40. The lowest BCUT2D eigenvalue weighted by atomic mass is 10.1. The molecular weight excluding hydrogens is 279 g/mol. The van der Waals surface area contributed by atoms with E-state index in [1.54, 1.807) is 12.1 Å². The molecule has 0 fully saturated rings. The number of aryl methyl sites for hydroxylation is 1. The molecule has 0 radical (unpaired) electrons. The summed E-state index contributed by atoms with van der Waals surface area (Å²) in [5.74, 6) is -1.19. The predicted molar refractivity (Wildman–Crippen MR) is 71.0 cm³/mol. The average molecular weight is 294 g/mol. The second-order valence-electron chi connectivity index (χ2n) is 4.62. The maximum Gasteiger partial charge on any atom is 0.306 e. The van der Waals surface area contributed by atoms with Gasteiger partial charge in [0, 0.05) is 7.11 Å². The molecule has 0 aliphatic carbocycles. The lowest BCUT2D eigenvalue weighted by Crippen LogP contribution is -2.23. The topological polar surface area (TPSA) is 90.1 Å². The van der Waals surface area contributed by atoms with E-state index >= 15 is 0 Å². The molecule has 0 saturated carbocycles. The summed E-state index contributed by atoms with van der Waals surface area (Å²) in [5, 5.41) is 19.9. The van der Waals surface area contributed by atoms with Crippen LogP contribution in [0, 0.1) is 12.7 Å². The third-order valence-electron chi connectivity index (χ3n) is 3.01. The molecule has 2 aromatic rings. The summed E-state index contributed by atoms with van der Waals surface area (Å²) in [4.78, 5) is 10.7. The van der Waals surface area contributed by atoms with E-state index in [2.05, 4.69) is 15.5 Å². The molecule has 7 nitrogen and oxygen atoms in total. The van der Waals surface area contributed by atoms with Crippen molar-refractivity contribution in [1.29, 1.82) is 0 Å². The smallest absolute Gasteiger partial charge is 0.306 e. The van der Waals surface area contributed by atoms with Crippen LogP contribution in [0.4, 0.5) is 4.39 Å². The van der Waals surface area contributed by atoms with Crippen LogP contribution in [-0.4, -0.2) is 44.5 Å². The molecule has 1 atom stereocenters. The molecule has 0 aliphatic rings. The largest absolute Gasteiger partial charge is 0.481 e. The van der Waals surface area contributed by atoms with E-state index in [0.717, 1.165) is 5.56 Å². The number of hydrogen-bond acceptors (Lipinski definition) is 5. The molecule has 1 aromatic heterocycles. The Labute approximate surface area is 120 Å². The number of hydrogen-bond donors (Lipinski definition) is 1. The molecule has 0 bridgehead atoms. The molecule has 0 spiro atoms. The monoisotopic (exact) mass is 294 g/mol. The van der Waals surface area contributed by atoms with E-state index in [1.807, 2.05) is 6.92 Å². The zero-order chi connectivity index (χ0) is 15.4. The van der Waals surface area contributed by atoms with Gasteiger partial charge in [0.25, 0.3) is 0 Å². The third kappa shape index (κ3) is 3.60. The van der Waals surface area contributed by atoms with Crippen LogP contribution in [0.15, 0.2) is 18.2 Å².